The van der Waals surface area contributed by atoms with Crippen LogP contribution in [0.4, 0.5) is 5.69 Å². The van der Waals surface area contributed by atoms with Gasteiger partial charge in [0, 0.05) is 18.3 Å². The topological polar surface area (TPSA) is 65.8 Å². The number of rotatable bonds is 6. The van der Waals surface area contributed by atoms with Crippen molar-refractivity contribution < 1.29 is 18.3 Å². The number of halogens is 2. The van der Waals surface area contributed by atoms with E-state index < -0.39 is 7.04 Å². The number of nitrogens with zero attached hydrogens (tertiary/aromatic N) is 3. The largest absolute Gasteiger partial charge is 0.497 e. The van der Waals surface area contributed by atoms with Gasteiger partial charge in [-0.05, 0) is 49.9 Å². The molecular formula is C22H27Cl2N3O4. The van der Waals surface area contributed by atoms with Crippen LogP contribution in [0.5, 0.6) is 5.75 Å². The molecule has 1 saturated heterocycles. The predicted octanol–water partition coefficient (Wildman–Crippen LogP) is 3.96. The highest BCUT2D eigenvalue weighted by Crippen LogP contribution is 2.34. The average molecular weight is 471 g/mol. The summed E-state index contributed by atoms with van der Waals surface area (Å²) in [6.45, 7) is 2.31. The number of aromatic nitrogens is 2. The van der Waals surface area contributed by atoms with Gasteiger partial charge in [-0.2, -0.15) is 5.10 Å². The Labute approximate surface area is 196 Å². The van der Waals surface area contributed by atoms with Gasteiger partial charge in [-0.25, -0.2) is 4.68 Å². The first-order valence-electron chi connectivity index (χ1n) is 11.9. The van der Waals surface area contributed by atoms with Crippen LogP contribution in [0.3, 0.4) is 0 Å². The third-order valence-electron chi connectivity index (χ3n) is 5.93. The molecule has 0 unspecified atom stereocenters. The first kappa shape index (κ1) is 18.7. The molecular weight excluding hydrogens is 441 g/mol. The molecule has 7 nitrogen and oxygen atoms in total. The molecule has 31 heavy (non-hydrogen) atoms. The highest BCUT2D eigenvalue weighted by molar-refractivity contribution is 6.41. The summed E-state index contributed by atoms with van der Waals surface area (Å²) >= 11 is 12.0. The zero-order valence-corrected chi connectivity index (χ0v) is 18.5. The standard InChI is InChI=1S/C22H27Cl2N3O4/c1-29-18-8-6-16(7-9-18)26(13-19-14-30-10-11-31-19)15-2-4-17(5-3-15)27-22(28)21(24)20(23)12-25-27/h6-9,12,15,17,19H,2-5,10-11,13-14H2,1H3/t15-,17-,19-/m0/s1/i1D3. The van der Waals surface area contributed by atoms with Gasteiger partial charge in [0.2, 0.25) is 0 Å². The van der Waals surface area contributed by atoms with Gasteiger partial charge in [-0.1, -0.05) is 23.2 Å². The van der Waals surface area contributed by atoms with Crippen molar-refractivity contribution in [2.45, 2.75) is 43.9 Å². The maximum atomic E-state index is 12.5. The van der Waals surface area contributed by atoms with E-state index in [2.05, 4.69) is 10.00 Å². The molecule has 1 saturated carbocycles. The molecule has 4 rings (SSSR count). The average Bonchev–Trinajstić information content (AvgIpc) is 2.82. The minimum Gasteiger partial charge on any atom is -0.497 e. The second-order valence-electron chi connectivity index (χ2n) is 7.83. The number of hydrogen-bond acceptors (Lipinski definition) is 6. The van der Waals surface area contributed by atoms with E-state index >= 15 is 0 Å². The molecule has 1 aliphatic carbocycles. The molecule has 1 atom stereocenters. The van der Waals surface area contributed by atoms with Crippen LogP contribution in [0.15, 0.2) is 35.3 Å². The van der Waals surface area contributed by atoms with E-state index in [0.717, 1.165) is 31.4 Å². The minimum absolute atomic E-state index is 0.00534. The van der Waals surface area contributed by atoms with Gasteiger partial charge in [0.15, 0.2) is 0 Å². The fourth-order valence-electron chi connectivity index (χ4n) is 4.33. The minimum atomic E-state index is -2.50. The van der Waals surface area contributed by atoms with E-state index in [-0.39, 0.29) is 39.5 Å². The summed E-state index contributed by atoms with van der Waals surface area (Å²) in [4.78, 5) is 14.8. The van der Waals surface area contributed by atoms with Crippen molar-refractivity contribution in [3.63, 3.8) is 0 Å². The SMILES string of the molecule is [2H]C([2H])([2H])Oc1ccc(N(C[C@H]2COCCO2)[C@H]2CC[C@H](n3ncc(Cl)c(Cl)c3=O)CC2)cc1. The van der Waals surface area contributed by atoms with Crippen LogP contribution in [0.25, 0.3) is 0 Å². The van der Waals surface area contributed by atoms with Crippen LogP contribution < -0.4 is 15.2 Å². The Morgan fingerprint density at radius 3 is 2.68 bits per heavy atom. The van der Waals surface area contributed by atoms with E-state index in [1.54, 1.807) is 12.1 Å². The number of benzene rings is 1. The van der Waals surface area contributed by atoms with Crippen molar-refractivity contribution in [1.29, 1.82) is 0 Å². The molecule has 9 heteroatoms. The van der Waals surface area contributed by atoms with Gasteiger partial charge in [-0.3, -0.25) is 4.79 Å². The maximum Gasteiger partial charge on any atom is 0.287 e. The monoisotopic (exact) mass is 470 g/mol. The van der Waals surface area contributed by atoms with E-state index in [1.165, 1.54) is 10.9 Å². The lowest BCUT2D eigenvalue weighted by Gasteiger charge is -2.40. The van der Waals surface area contributed by atoms with Gasteiger partial charge in [0.25, 0.3) is 5.56 Å². The van der Waals surface area contributed by atoms with E-state index in [1.807, 2.05) is 12.1 Å². The first-order valence-corrected chi connectivity index (χ1v) is 11.1. The van der Waals surface area contributed by atoms with E-state index in [4.69, 9.17) is 41.5 Å². The molecule has 0 bridgehead atoms. The summed E-state index contributed by atoms with van der Waals surface area (Å²) in [7, 11) is -2.50. The van der Waals surface area contributed by atoms with Crippen molar-refractivity contribution in [3.05, 3.63) is 50.9 Å². The number of ether oxygens (including phenoxy) is 3. The van der Waals surface area contributed by atoms with Crippen molar-refractivity contribution in [2.75, 3.05) is 38.3 Å². The molecule has 0 amide bonds. The van der Waals surface area contributed by atoms with E-state index in [9.17, 15) is 4.79 Å². The van der Waals surface area contributed by atoms with Crippen molar-refractivity contribution >= 4 is 28.9 Å². The summed E-state index contributed by atoms with van der Waals surface area (Å²) in [5.41, 5.74) is 0.576. The lowest BCUT2D eigenvalue weighted by Crippen LogP contribution is -2.46. The van der Waals surface area contributed by atoms with Gasteiger partial charge in [0.1, 0.15) is 10.8 Å². The van der Waals surface area contributed by atoms with Crippen LogP contribution in [-0.2, 0) is 9.47 Å². The highest BCUT2D eigenvalue weighted by atomic mass is 35.5. The second kappa shape index (κ2) is 10.2. The molecule has 0 radical (unpaired) electrons. The first-order chi connectivity index (χ1) is 16.2. The third kappa shape index (κ3) is 5.17. The smallest absolute Gasteiger partial charge is 0.287 e. The van der Waals surface area contributed by atoms with Crippen LogP contribution >= 0.6 is 23.2 Å². The Balaban J connectivity index is 1.49. The van der Waals surface area contributed by atoms with Crippen molar-refractivity contribution in [2.24, 2.45) is 0 Å². The molecule has 2 aromatic rings. The Morgan fingerprint density at radius 2 is 2.00 bits per heavy atom. The van der Waals surface area contributed by atoms with E-state index in [0.29, 0.717) is 26.4 Å². The highest BCUT2D eigenvalue weighted by Gasteiger charge is 2.30. The Morgan fingerprint density at radius 1 is 1.23 bits per heavy atom. The Bertz CT molecular complexity index is 1020. The summed E-state index contributed by atoms with van der Waals surface area (Å²) in [5, 5.41) is 4.35. The van der Waals surface area contributed by atoms with Crippen LogP contribution in [0.1, 0.15) is 35.8 Å². The molecule has 1 aliphatic heterocycles. The molecule has 2 fully saturated rings. The number of hydrogen-bond donors (Lipinski definition) is 0. The number of anilines is 1. The van der Waals surface area contributed by atoms with Crippen LogP contribution in [0, 0.1) is 0 Å². The zero-order chi connectivity index (χ0) is 24.3. The lowest BCUT2D eigenvalue weighted by molar-refractivity contribution is -0.0847. The molecule has 2 heterocycles. The van der Waals surface area contributed by atoms with Gasteiger partial charge in [0.05, 0.1) is 54.3 Å². The van der Waals surface area contributed by atoms with Crippen LogP contribution in [-0.4, -0.2) is 55.3 Å². The zero-order valence-electron chi connectivity index (χ0n) is 20.0. The van der Waals surface area contributed by atoms with Crippen molar-refractivity contribution in [3.8, 4) is 5.75 Å². The van der Waals surface area contributed by atoms with Gasteiger partial charge >= 0.3 is 0 Å². The normalized spacial score (nSPS) is 25.9. The summed E-state index contributed by atoms with van der Waals surface area (Å²) in [6.07, 6.45) is 4.53. The van der Waals surface area contributed by atoms with Gasteiger partial charge < -0.3 is 19.1 Å². The van der Waals surface area contributed by atoms with Gasteiger partial charge in [-0.15, -0.1) is 0 Å². The summed E-state index contributed by atoms with van der Waals surface area (Å²) in [6, 6.07) is 7.21. The van der Waals surface area contributed by atoms with Crippen molar-refractivity contribution in [1.82, 2.24) is 9.78 Å². The summed E-state index contributed by atoms with van der Waals surface area (Å²) in [5.74, 6) is 0.287. The number of methoxy groups -OCH3 is 1. The second-order valence-corrected chi connectivity index (χ2v) is 8.62. The molecule has 168 valence electrons. The maximum absolute atomic E-state index is 12.5. The van der Waals surface area contributed by atoms with Crippen LogP contribution in [0.2, 0.25) is 10.0 Å². The molecule has 1 aromatic carbocycles. The molecule has 1 aromatic heterocycles. The Hall–Kier alpha value is -1.80. The Kier molecular flexibility index (Phi) is 6.17. The molecule has 0 spiro atoms. The summed E-state index contributed by atoms with van der Waals surface area (Å²) < 4.78 is 39.8. The third-order valence-corrected chi connectivity index (χ3v) is 6.67. The quantitative estimate of drug-likeness (QED) is 0.636. The molecule has 0 N–H and O–H groups in total. The fraction of sp³-hybridized carbons (Fsp3) is 0.545. The predicted molar refractivity (Wildman–Crippen MR) is 121 cm³/mol. The lowest BCUT2D eigenvalue weighted by atomic mass is 9.89. The fourth-order valence-corrected chi connectivity index (χ4v) is 4.59. The molecule has 2 aliphatic rings.